The first-order chi connectivity index (χ1) is 5.79. The highest BCUT2D eigenvalue weighted by atomic mass is 32.1. The highest BCUT2D eigenvalue weighted by Crippen LogP contribution is 2.18. The molecule has 1 aliphatic rings. The molecule has 0 aromatic heterocycles. The fourth-order valence-electron chi connectivity index (χ4n) is 1.39. The van der Waals surface area contributed by atoms with Gasteiger partial charge in [-0.3, -0.25) is 0 Å². The first-order valence-corrected chi connectivity index (χ1v) is 4.62. The van der Waals surface area contributed by atoms with Crippen molar-refractivity contribution in [2.24, 2.45) is 5.92 Å². The largest absolute Gasteiger partial charge is 0.379 e. The molecule has 0 amide bonds. The van der Waals surface area contributed by atoms with Gasteiger partial charge in [0.15, 0.2) is 6.29 Å². The van der Waals surface area contributed by atoms with Gasteiger partial charge in [0.2, 0.25) is 0 Å². The average Bonchev–Trinajstić information content (AvgIpc) is 2.47. The number of methoxy groups -OCH3 is 1. The third-order valence-electron chi connectivity index (χ3n) is 1.98. The molecule has 0 aromatic carbocycles. The second-order valence-electron chi connectivity index (χ2n) is 2.75. The summed E-state index contributed by atoms with van der Waals surface area (Å²) in [5.41, 5.74) is 0. The van der Waals surface area contributed by atoms with Crippen LogP contribution < -0.4 is 5.32 Å². The van der Waals surface area contributed by atoms with Crippen LogP contribution in [0.4, 0.5) is 0 Å². The fraction of sp³-hybridized carbons (Fsp3) is 0.875. The van der Waals surface area contributed by atoms with Gasteiger partial charge in [0, 0.05) is 20.3 Å². The van der Waals surface area contributed by atoms with Crippen molar-refractivity contribution >= 4 is 17.2 Å². The summed E-state index contributed by atoms with van der Waals surface area (Å²) >= 11 is 5.13. The van der Waals surface area contributed by atoms with Crippen LogP contribution >= 0.6 is 12.2 Å². The molecular weight excluding hydrogens is 174 g/mol. The molecule has 2 atom stereocenters. The van der Waals surface area contributed by atoms with Crippen LogP contribution in [0.5, 0.6) is 0 Å². The van der Waals surface area contributed by atoms with E-state index in [2.05, 4.69) is 5.32 Å². The molecule has 0 saturated carbocycles. The van der Waals surface area contributed by atoms with Gasteiger partial charge in [0.1, 0.15) is 0 Å². The van der Waals surface area contributed by atoms with Gasteiger partial charge in [-0.25, -0.2) is 0 Å². The Balaban J connectivity index is 2.46. The maximum atomic E-state index is 5.40. The van der Waals surface area contributed by atoms with Gasteiger partial charge in [-0.15, -0.1) is 0 Å². The number of ether oxygens (including phenoxy) is 2. The lowest BCUT2D eigenvalue weighted by Crippen LogP contribution is -2.31. The van der Waals surface area contributed by atoms with Gasteiger partial charge in [-0.2, -0.15) is 0 Å². The van der Waals surface area contributed by atoms with Gasteiger partial charge in [-0.05, 0) is 13.3 Å². The number of thiocarbonyl (C=S) groups is 1. The molecule has 1 rings (SSSR count). The minimum Gasteiger partial charge on any atom is -0.379 e. The lowest BCUT2D eigenvalue weighted by molar-refractivity contribution is -0.137. The molecule has 0 aromatic rings. The molecule has 1 heterocycles. The molecule has 1 N–H and O–H groups in total. The molecular formula is C8H15NO2S. The molecule has 4 heteroatoms. The summed E-state index contributed by atoms with van der Waals surface area (Å²) in [4.78, 5) is 0.871. The SMILES string of the molecule is CCOC(OC)C1CCNC1=S. The highest BCUT2D eigenvalue weighted by Gasteiger charge is 2.29. The summed E-state index contributed by atoms with van der Waals surface area (Å²) < 4.78 is 10.6. The molecule has 1 aliphatic heterocycles. The third-order valence-corrected chi connectivity index (χ3v) is 2.43. The molecule has 1 fully saturated rings. The average molecular weight is 189 g/mol. The van der Waals surface area contributed by atoms with Crippen LogP contribution in [0.25, 0.3) is 0 Å². The number of rotatable bonds is 4. The Hall–Kier alpha value is -0.190. The Morgan fingerprint density at radius 2 is 2.50 bits per heavy atom. The van der Waals surface area contributed by atoms with E-state index < -0.39 is 0 Å². The lowest BCUT2D eigenvalue weighted by Gasteiger charge is -2.20. The minimum atomic E-state index is -0.169. The van der Waals surface area contributed by atoms with Gasteiger partial charge in [0.05, 0.1) is 10.9 Å². The Morgan fingerprint density at radius 1 is 1.75 bits per heavy atom. The van der Waals surface area contributed by atoms with Gasteiger partial charge in [0.25, 0.3) is 0 Å². The van der Waals surface area contributed by atoms with Crippen molar-refractivity contribution in [2.75, 3.05) is 20.3 Å². The Bertz CT molecular complexity index is 163. The summed E-state index contributed by atoms with van der Waals surface area (Å²) in [7, 11) is 1.65. The van der Waals surface area contributed by atoms with E-state index in [9.17, 15) is 0 Å². The zero-order valence-electron chi connectivity index (χ0n) is 7.50. The molecule has 3 nitrogen and oxygen atoms in total. The molecule has 0 spiro atoms. The van der Waals surface area contributed by atoms with Crippen molar-refractivity contribution in [2.45, 2.75) is 19.6 Å². The van der Waals surface area contributed by atoms with E-state index in [1.807, 2.05) is 6.92 Å². The summed E-state index contributed by atoms with van der Waals surface area (Å²) in [6, 6.07) is 0. The summed E-state index contributed by atoms with van der Waals surface area (Å²) in [5.74, 6) is 0.241. The fourth-order valence-corrected chi connectivity index (χ4v) is 1.72. The first-order valence-electron chi connectivity index (χ1n) is 4.21. The topological polar surface area (TPSA) is 30.5 Å². The Morgan fingerprint density at radius 3 is 2.92 bits per heavy atom. The van der Waals surface area contributed by atoms with Crippen LogP contribution in [-0.2, 0) is 9.47 Å². The smallest absolute Gasteiger partial charge is 0.166 e. The summed E-state index contributed by atoms with van der Waals surface area (Å²) in [6.07, 6.45) is 0.842. The third kappa shape index (κ3) is 2.15. The van der Waals surface area contributed by atoms with Crippen LogP contribution in [0, 0.1) is 5.92 Å². The van der Waals surface area contributed by atoms with Crippen molar-refractivity contribution in [1.82, 2.24) is 5.32 Å². The highest BCUT2D eigenvalue weighted by molar-refractivity contribution is 7.80. The van der Waals surface area contributed by atoms with Crippen LogP contribution in [0.2, 0.25) is 0 Å². The van der Waals surface area contributed by atoms with Crippen LogP contribution in [0.3, 0.4) is 0 Å². The van der Waals surface area contributed by atoms with Crippen molar-refractivity contribution in [3.63, 3.8) is 0 Å². The van der Waals surface area contributed by atoms with E-state index in [0.29, 0.717) is 6.61 Å². The number of hydrogen-bond donors (Lipinski definition) is 1. The molecule has 70 valence electrons. The van der Waals surface area contributed by atoms with Gasteiger partial charge < -0.3 is 14.8 Å². The molecule has 12 heavy (non-hydrogen) atoms. The standard InChI is InChI=1S/C8H15NO2S/c1-3-11-8(10-2)6-4-5-9-7(6)12/h6,8H,3-5H2,1-2H3,(H,9,12). The summed E-state index contributed by atoms with van der Waals surface area (Å²) in [5, 5.41) is 3.11. The zero-order chi connectivity index (χ0) is 8.97. The first kappa shape index (κ1) is 9.89. The Kier molecular flexibility index (Phi) is 3.91. The molecule has 0 bridgehead atoms. The maximum absolute atomic E-state index is 5.40. The van der Waals surface area contributed by atoms with Gasteiger partial charge >= 0.3 is 0 Å². The van der Waals surface area contributed by atoms with E-state index in [4.69, 9.17) is 21.7 Å². The zero-order valence-corrected chi connectivity index (χ0v) is 8.32. The van der Waals surface area contributed by atoms with Gasteiger partial charge in [-0.1, -0.05) is 12.2 Å². The minimum absolute atomic E-state index is 0.169. The van der Waals surface area contributed by atoms with Crippen LogP contribution in [-0.4, -0.2) is 31.5 Å². The van der Waals surface area contributed by atoms with E-state index >= 15 is 0 Å². The quantitative estimate of drug-likeness (QED) is 0.526. The maximum Gasteiger partial charge on any atom is 0.166 e. The molecule has 0 aliphatic carbocycles. The van der Waals surface area contributed by atoms with Crippen molar-refractivity contribution in [3.05, 3.63) is 0 Å². The second kappa shape index (κ2) is 4.74. The number of nitrogens with one attached hydrogen (secondary N) is 1. The predicted octanol–water partition coefficient (Wildman–Crippen LogP) is 0.932. The summed E-state index contributed by atoms with van der Waals surface area (Å²) in [6.45, 7) is 3.56. The van der Waals surface area contributed by atoms with E-state index in [1.165, 1.54) is 0 Å². The normalized spacial score (nSPS) is 25.5. The van der Waals surface area contributed by atoms with E-state index in [-0.39, 0.29) is 12.2 Å². The second-order valence-corrected chi connectivity index (χ2v) is 3.19. The Labute approximate surface area is 78.4 Å². The molecule has 0 radical (unpaired) electrons. The van der Waals surface area contributed by atoms with Crippen molar-refractivity contribution in [3.8, 4) is 0 Å². The number of hydrogen-bond acceptors (Lipinski definition) is 3. The molecule has 2 unspecified atom stereocenters. The van der Waals surface area contributed by atoms with E-state index in [1.54, 1.807) is 7.11 Å². The predicted molar refractivity (Wildman–Crippen MR) is 51.1 cm³/mol. The van der Waals surface area contributed by atoms with Crippen LogP contribution in [0.1, 0.15) is 13.3 Å². The monoisotopic (exact) mass is 189 g/mol. The van der Waals surface area contributed by atoms with E-state index in [0.717, 1.165) is 18.0 Å². The van der Waals surface area contributed by atoms with Crippen LogP contribution in [0.15, 0.2) is 0 Å². The lowest BCUT2D eigenvalue weighted by atomic mass is 10.1. The van der Waals surface area contributed by atoms with Crippen molar-refractivity contribution < 1.29 is 9.47 Å². The molecule has 1 saturated heterocycles. The van der Waals surface area contributed by atoms with Crippen molar-refractivity contribution in [1.29, 1.82) is 0 Å².